The summed E-state index contributed by atoms with van der Waals surface area (Å²) in [6.45, 7) is 10.5. The summed E-state index contributed by atoms with van der Waals surface area (Å²) in [5.41, 5.74) is 14.2. The number of ether oxygens (including phenoxy) is 5. The predicted octanol–water partition coefficient (Wildman–Crippen LogP) is 4.55. The third kappa shape index (κ3) is 15.0. The van der Waals surface area contributed by atoms with Crippen LogP contribution >= 0.6 is 0 Å². The molecule has 1 aliphatic carbocycles. The van der Waals surface area contributed by atoms with Crippen molar-refractivity contribution in [3.8, 4) is 0 Å². The maximum atomic E-state index is 14.4. The fourth-order valence-corrected chi connectivity index (χ4v) is 10.1. The zero-order valence-electron chi connectivity index (χ0n) is 41.7. The van der Waals surface area contributed by atoms with E-state index in [1.807, 2.05) is 32.1 Å². The molecular formula is C51H80N4O13. The predicted molar refractivity (Wildman–Crippen MR) is 254 cm³/mol. The first kappa shape index (κ1) is 56.5. The molecule has 3 heterocycles. The molecule has 68 heavy (non-hydrogen) atoms. The Labute approximate surface area is 402 Å². The van der Waals surface area contributed by atoms with E-state index in [1.54, 1.807) is 53.0 Å². The van der Waals surface area contributed by atoms with Crippen molar-refractivity contribution in [3.63, 3.8) is 0 Å². The van der Waals surface area contributed by atoms with Crippen LogP contribution in [0.15, 0.2) is 47.6 Å². The van der Waals surface area contributed by atoms with E-state index in [1.165, 1.54) is 14.2 Å². The third-order valence-corrected chi connectivity index (χ3v) is 14.6. The number of amides is 2. The van der Waals surface area contributed by atoms with Crippen LogP contribution in [0.5, 0.6) is 0 Å². The van der Waals surface area contributed by atoms with Crippen LogP contribution in [-0.2, 0) is 47.7 Å². The number of carbonyl (C=O) groups excluding carboxylic acids is 6. The van der Waals surface area contributed by atoms with E-state index in [-0.39, 0.29) is 61.4 Å². The fourth-order valence-electron chi connectivity index (χ4n) is 10.1. The molecule has 17 nitrogen and oxygen atoms in total. The van der Waals surface area contributed by atoms with Crippen LogP contribution in [0, 0.1) is 29.6 Å². The van der Waals surface area contributed by atoms with Crippen molar-refractivity contribution in [2.45, 2.75) is 179 Å². The number of aliphatic hydroxyl groups excluding tert-OH is 1. The number of ketones is 3. The third-order valence-electron chi connectivity index (χ3n) is 14.6. The van der Waals surface area contributed by atoms with E-state index in [2.05, 4.69) is 5.32 Å². The number of nitrogens with two attached hydrogens (primary N) is 2. The topological polar surface area (TPSA) is 256 Å². The molecule has 7 N–H and O–H groups in total. The summed E-state index contributed by atoms with van der Waals surface area (Å²) >= 11 is 0. The zero-order valence-corrected chi connectivity index (χ0v) is 41.7. The number of methoxy groups -OCH3 is 3. The second kappa shape index (κ2) is 26.2. The van der Waals surface area contributed by atoms with E-state index in [4.69, 9.17) is 35.2 Å². The minimum atomic E-state index is -2.54. The smallest absolute Gasteiger partial charge is 0.407 e. The van der Waals surface area contributed by atoms with E-state index in [9.17, 15) is 39.0 Å². The van der Waals surface area contributed by atoms with E-state index >= 15 is 0 Å². The molecule has 382 valence electrons. The van der Waals surface area contributed by atoms with Gasteiger partial charge in [-0.05, 0) is 102 Å². The number of hydrogen-bond acceptors (Lipinski definition) is 15. The van der Waals surface area contributed by atoms with Gasteiger partial charge in [-0.15, -0.1) is 0 Å². The lowest BCUT2D eigenvalue weighted by Crippen LogP contribution is -2.61. The lowest BCUT2D eigenvalue weighted by atomic mass is 9.79. The van der Waals surface area contributed by atoms with Gasteiger partial charge in [0.25, 0.3) is 11.7 Å². The standard InChI is InChI=1S/C51H80N4O13/c1-29-15-11-10-12-16-30(2)39(54-50(62)66-9)27-36-20-18-34(6)51(63,68-36)47(59)48(60)55-22-14-13-17-40(55)49(61)67-43(38(53)25-35-19-21-37(52)42(26-35)64-7)28-41(56)31(3)24-33(5)45(58)46(65-8)44(57)32(4)23-29/h10-12,15-16,24,29,31-32,34-40,42-43,45-46,58,63H,13-14,17-23,25-28,52-53H2,1-9H3,(H,54,62)/b12-10?,15-11+,30-16?,33-24+/t29-,31-,32-,34-,35+,36+,37+,38-,39?,40+,42-,43+,45-,46+,51-/m1/s1. The lowest BCUT2D eigenvalue weighted by Gasteiger charge is -2.43. The number of nitrogens with zero attached hydrogens (tertiary/aromatic N) is 1. The molecule has 3 aliphatic heterocycles. The molecule has 1 unspecified atom stereocenters. The number of carbonyl (C=O) groups is 6. The highest BCUT2D eigenvalue weighted by atomic mass is 16.6. The van der Waals surface area contributed by atoms with Crippen molar-refractivity contribution >= 4 is 35.3 Å². The monoisotopic (exact) mass is 957 g/mol. The van der Waals surface area contributed by atoms with E-state index in [0.717, 1.165) is 11.3 Å². The Balaban J connectivity index is 1.73. The number of aliphatic hydroxyl groups is 2. The van der Waals surface area contributed by atoms with Gasteiger partial charge < -0.3 is 55.6 Å². The molecule has 2 bridgehead atoms. The molecule has 1 saturated carbocycles. The van der Waals surface area contributed by atoms with Gasteiger partial charge in [-0.1, -0.05) is 69.7 Å². The van der Waals surface area contributed by atoms with Crippen molar-refractivity contribution in [1.82, 2.24) is 10.2 Å². The van der Waals surface area contributed by atoms with Crippen LogP contribution in [0.2, 0.25) is 0 Å². The number of Topliss-reactive ketones (excluding diaryl/α,β-unsaturated/α-hetero) is 3. The molecule has 0 aromatic heterocycles. The Bertz CT molecular complexity index is 1880. The summed E-state index contributed by atoms with van der Waals surface area (Å²) in [7, 11) is 4.20. The summed E-state index contributed by atoms with van der Waals surface area (Å²) in [5, 5.41) is 26.3. The average Bonchev–Trinajstić information content (AvgIpc) is 3.31. The summed E-state index contributed by atoms with van der Waals surface area (Å²) in [4.78, 5) is 84.4. The maximum Gasteiger partial charge on any atom is 0.407 e. The van der Waals surface area contributed by atoms with Crippen molar-refractivity contribution < 1.29 is 62.7 Å². The summed E-state index contributed by atoms with van der Waals surface area (Å²) in [6, 6.07) is -2.84. The Morgan fingerprint density at radius 2 is 1.65 bits per heavy atom. The van der Waals surface area contributed by atoms with E-state index < -0.39 is 89.8 Å². The Kier molecular flexibility index (Phi) is 21.8. The van der Waals surface area contributed by atoms with Crippen molar-refractivity contribution in [1.29, 1.82) is 0 Å². The van der Waals surface area contributed by atoms with Gasteiger partial charge in [0.2, 0.25) is 5.79 Å². The Hall–Kier alpha value is -4.10. The van der Waals surface area contributed by atoms with Crippen LogP contribution in [-0.4, -0.2) is 139 Å². The minimum Gasteiger partial charge on any atom is -0.459 e. The van der Waals surface area contributed by atoms with Crippen LogP contribution in [0.1, 0.15) is 119 Å². The first-order valence-electron chi connectivity index (χ1n) is 24.5. The molecule has 0 spiro atoms. The summed E-state index contributed by atoms with van der Waals surface area (Å²) < 4.78 is 28.4. The number of allylic oxidation sites excluding steroid dienone is 6. The highest BCUT2D eigenvalue weighted by Gasteiger charge is 2.53. The minimum absolute atomic E-state index is 0.0263. The highest BCUT2D eigenvalue weighted by Crippen LogP contribution is 2.37. The van der Waals surface area contributed by atoms with Gasteiger partial charge in [0.05, 0.1) is 25.4 Å². The van der Waals surface area contributed by atoms with Crippen LogP contribution in [0.25, 0.3) is 0 Å². The van der Waals surface area contributed by atoms with Crippen molar-refractivity contribution in [2.24, 2.45) is 41.1 Å². The van der Waals surface area contributed by atoms with Gasteiger partial charge in [-0.2, -0.15) is 0 Å². The Morgan fingerprint density at radius 1 is 0.926 bits per heavy atom. The van der Waals surface area contributed by atoms with Gasteiger partial charge in [0, 0.05) is 57.0 Å². The highest BCUT2D eigenvalue weighted by molar-refractivity contribution is 6.39. The molecule has 2 saturated heterocycles. The number of piperidine rings is 1. The molecule has 15 atom stereocenters. The molecule has 17 heteroatoms. The molecule has 2 amide bonds. The number of rotatable bonds is 6. The van der Waals surface area contributed by atoms with Gasteiger partial charge in [-0.3, -0.25) is 19.2 Å². The molecule has 0 aromatic rings. The molecule has 0 aromatic carbocycles. The number of hydrogen-bond donors (Lipinski definition) is 5. The van der Waals surface area contributed by atoms with Gasteiger partial charge in [0.1, 0.15) is 30.1 Å². The second-order valence-electron chi connectivity index (χ2n) is 19.8. The number of fused-ring (bicyclic) bond motifs is 3. The normalized spacial score (nSPS) is 37.8. The molecule has 0 radical (unpaired) electrons. The van der Waals surface area contributed by atoms with Crippen LogP contribution < -0.4 is 16.8 Å². The number of nitrogens with one attached hydrogen (secondary N) is 1. The molecule has 4 aliphatic rings. The largest absolute Gasteiger partial charge is 0.459 e. The van der Waals surface area contributed by atoms with Crippen LogP contribution in [0.3, 0.4) is 0 Å². The zero-order chi connectivity index (χ0) is 50.5. The first-order chi connectivity index (χ1) is 32.1. The van der Waals surface area contributed by atoms with Crippen molar-refractivity contribution in [3.05, 3.63) is 47.6 Å². The van der Waals surface area contributed by atoms with Crippen LogP contribution in [0.4, 0.5) is 4.79 Å². The summed E-state index contributed by atoms with van der Waals surface area (Å²) in [6.07, 6.45) is 10.0. The van der Waals surface area contributed by atoms with Gasteiger partial charge in [0.15, 0.2) is 5.78 Å². The molecule has 4 rings (SSSR count). The molecular weight excluding hydrogens is 877 g/mol. The fraction of sp³-hybridized carbons (Fsp3) is 0.725. The number of esters is 1. The maximum absolute atomic E-state index is 14.4. The summed E-state index contributed by atoms with van der Waals surface area (Å²) in [5.74, 6) is -8.42. The SMILES string of the molecule is COC(=O)NC1C[C@@H]2CC[C@@H](C)[C@@](O)(O2)C(=O)C(=O)N2CCCC[C@H]2C(=O)O[C@H]([C@H](N)C[C@@H]2CC[C@H](N)[C@H](OC)C2)CC(=O)[C@H](C)/C=C(\C)[C@@H](O)[C@@H](OC)C(=O)[C@H](C)C[C@H](C)/C=C/C=CC=C1C. The van der Waals surface area contributed by atoms with Gasteiger partial charge >= 0.3 is 12.1 Å². The average molecular weight is 957 g/mol. The van der Waals surface area contributed by atoms with Gasteiger partial charge in [-0.25, -0.2) is 9.59 Å². The molecule has 3 fully saturated rings. The Morgan fingerprint density at radius 3 is 2.32 bits per heavy atom. The second-order valence-corrected chi connectivity index (χ2v) is 19.8. The number of alkyl carbamates (subject to hydrolysis) is 1. The van der Waals surface area contributed by atoms with E-state index in [0.29, 0.717) is 62.5 Å². The lowest BCUT2D eigenvalue weighted by molar-refractivity contribution is -0.264. The number of cyclic esters (lactones) is 1. The quantitative estimate of drug-likeness (QED) is 0.139. The van der Waals surface area contributed by atoms with Crippen molar-refractivity contribution in [2.75, 3.05) is 27.9 Å². The first-order valence-corrected chi connectivity index (χ1v) is 24.5.